The minimum Gasteiger partial charge on any atom is -0.496 e. The molecule has 154 valence electrons. The summed E-state index contributed by atoms with van der Waals surface area (Å²) in [6.07, 6.45) is 0. The van der Waals surface area contributed by atoms with Gasteiger partial charge in [-0.2, -0.15) is 0 Å². The van der Waals surface area contributed by atoms with Gasteiger partial charge in [0, 0.05) is 38.3 Å². The lowest BCUT2D eigenvalue weighted by atomic mass is 10.2. The molecule has 2 aromatic rings. The van der Waals surface area contributed by atoms with E-state index in [9.17, 15) is 0 Å². The second-order valence-corrected chi connectivity index (χ2v) is 6.01. The molecule has 0 heterocycles. The second kappa shape index (κ2) is 13.2. The predicted molar refractivity (Wildman–Crippen MR) is 124 cm³/mol. The van der Waals surface area contributed by atoms with E-state index < -0.39 is 0 Å². The maximum atomic E-state index is 5.76. The average molecular weight is 499 g/mol. The third kappa shape index (κ3) is 7.20. The third-order valence-electron chi connectivity index (χ3n) is 4.15. The number of guanidine groups is 1. The molecule has 0 aromatic heterocycles. The van der Waals surface area contributed by atoms with Crippen LogP contribution in [0, 0.1) is 0 Å². The molecule has 0 saturated carbocycles. The Morgan fingerprint density at radius 3 is 2.14 bits per heavy atom. The van der Waals surface area contributed by atoms with Crippen LogP contribution in [0.1, 0.15) is 11.1 Å². The minimum absolute atomic E-state index is 0. The molecule has 0 atom stereocenters. The summed E-state index contributed by atoms with van der Waals surface area (Å²) in [6, 6.07) is 15.9. The highest BCUT2D eigenvalue weighted by Crippen LogP contribution is 2.19. The van der Waals surface area contributed by atoms with Gasteiger partial charge in [0.25, 0.3) is 0 Å². The largest absolute Gasteiger partial charge is 0.496 e. The van der Waals surface area contributed by atoms with Crippen molar-refractivity contribution in [2.24, 2.45) is 4.99 Å². The Hall–Kier alpha value is -2.00. The van der Waals surface area contributed by atoms with Gasteiger partial charge in [-0.3, -0.25) is 4.99 Å². The summed E-state index contributed by atoms with van der Waals surface area (Å²) in [5, 5.41) is 3.32. The topological polar surface area (TPSA) is 55.3 Å². The van der Waals surface area contributed by atoms with E-state index in [0.29, 0.717) is 26.3 Å². The molecule has 0 aliphatic carbocycles. The minimum atomic E-state index is 0. The Labute approximate surface area is 184 Å². The van der Waals surface area contributed by atoms with Gasteiger partial charge in [0.05, 0.1) is 27.4 Å². The number of nitrogens with one attached hydrogen (secondary N) is 1. The van der Waals surface area contributed by atoms with Crippen molar-refractivity contribution in [2.45, 2.75) is 13.2 Å². The smallest absolute Gasteiger partial charge is 0.193 e. The molecular formula is C21H30IN3O3. The summed E-state index contributed by atoms with van der Waals surface area (Å²) in [5.74, 6) is 2.53. The zero-order chi connectivity index (χ0) is 19.5. The van der Waals surface area contributed by atoms with Crippen molar-refractivity contribution >= 4 is 29.9 Å². The van der Waals surface area contributed by atoms with Crippen LogP contribution in [-0.2, 0) is 17.9 Å². The van der Waals surface area contributed by atoms with E-state index in [1.54, 1.807) is 21.3 Å². The fourth-order valence-electron chi connectivity index (χ4n) is 2.79. The van der Waals surface area contributed by atoms with E-state index in [1.165, 1.54) is 0 Å². The van der Waals surface area contributed by atoms with Gasteiger partial charge in [0.15, 0.2) is 5.96 Å². The summed E-state index contributed by atoms with van der Waals surface area (Å²) in [5.41, 5.74) is 2.15. The van der Waals surface area contributed by atoms with Crippen LogP contribution in [0.4, 0.5) is 0 Å². The van der Waals surface area contributed by atoms with Crippen LogP contribution in [0.25, 0.3) is 0 Å². The van der Waals surface area contributed by atoms with Gasteiger partial charge >= 0.3 is 0 Å². The van der Waals surface area contributed by atoms with Crippen molar-refractivity contribution in [3.8, 4) is 11.5 Å². The molecule has 1 N–H and O–H groups in total. The number of aliphatic imine (C=N–C) groups is 1. The van der Waals surface area contributed by atoms with Crippen molar-refractivity contribution in [1.29, 1.82) is 0 Å². The van der Waals surface area contributed by atoms with Gasteiger partial charge in [-0.05, 0) is 12.1 Å². The van der Waals surface area contributed by atoms with Gasteiger partial charge in [-0.25, -0.2) is 0 Å². The highest BCUT2D eigenvalue weighted by molar-refractivity contribution is 14.0. The first-order chi connectivity index (χ1) is 13.2. The number of halogens is 1. The number of ether oxygens (including phenoxy) is 3. The van der Waals surface area contributed by atoms with Crippen LogP contribution in [0.3, 0.4) is 0 Å². The molecule has 2 rings (SSSR count). The molecule has 7 heteroatoms. The number of hydrogen-bond donors (Lipinski definition) is 1. The molecule has 0 aliphatic rings. The maximum absolute atomic E-state index is 5.76. The first-order valence-electron chi connectivity index (χ1n) is 8.93. The Kier molecular flexibility index (Phi) is 11.4. The normalized spacial score (nSPS) is 10.8. The number of nitrogens with zero attached hydrogens (tertiary/aromatic N) is 2. The fraction of sp³-hybridized carbons (Fsp3) is 0.381. The molecule has 0 saturated heterocycles. The van der Waals surface area contributed by atoms with Gasteiger partial charge < -0.3 is 24.4 Å². The van der Waals surface area contributed by atoms with E-state index >= 15 is 0 Å². The van der Waals surface area contributed by atoms with E-state index in [4.69, 9.17) is 14.2 Å². The van der Waals surface area contributed by atoms with Crippen molar-refractivity contribution in [3.63, 3.8) is 0 Å². The second-order valence-electron chi connectivity index (χ2n) is 6.01. The number of benzene rings is 2. The van der Waals surface area contributed by atoms with Crippen LogP contribution in [0.5, 0.6) is 11.5 Å². The predicted octanol–water partition coefficient (Wildman–Crippen LogP) is 3.55. The molecule has 6 nitrogen and oxygen atoms in total. The Morgan fingerprint density at radius 1 is 0.964 bits per heavy atom. The zero-order valence-electron chi connectivity index (χ0n) is 17.0. The first-order valence-corrected chi connectivity index (χ1v) is 8.93. The molecular weight excluding hydrogens is 469 g/mol. The molecule has 2 aromatic carbocycles. The summed E-state index contributed by atoms with van der Waals surface area (Å²) in [6.45, 7) is 2.45. The Bertz CT molecular complexity index is 740. The van der Waals surface area contributed by atoms with E-state index in [2.05, 4.69) is 21.3 Å². The fourth-order valence-corrected chi connectivity index (χ4v) is 2.79. The number of rotatable bonds is 9. The highest BCUT2D eigenvalue weighted by atomic mass is 127. The number of methoxy groups -OCH3 is 2. The van der Waals surface area contributed by atoms with Crippen LogP contribution in [0.15, 0.2) is 53.5 Å². The van der Waals surface area contributed by atoms with Crippen LogP contribution in [-0.4, -0.2) is 52.3 Å². The number of hydrogen-bond acceptors (Lipinski definition) is 4. The summed E-state index contributed by atoms with van der Waals surface area (Å²) in [4.78, 5) is 6.39. The standard InChI is InChI=1S/C21H29N3O3.HI/c1-22-21(24(2)15-17-9-5-7-11-19(17)25-3)23-13-14-27-16-18-10-6-8-12-20(18)26-4;/h5-12H,13-16H2,1-4H3,(H,22,23);1H. The maximum Gasteiger partial charge on any atom is 0.193 e. The zero-order valence-corrected chi connectivity index (χ0v) is 19.3. The molecule has 0 radical (unpaired) electrons. The van der Waals surface area contributed by atoms with Crippen molar-refractivity contribution < 1.29 is 14.2 Å². The lowest BCUT2D eigenvalue weighted by Crippen LogP contribution is -2.40. The van der Waals surface area contributed by atoms with Gasteiger partial charge in [0.2, 0.25) is 0 Å². The third-order valence-corrected chi connectivity index (χ3v) is 4.15. The van der Waals surface area contributed by atoms with Crippen LogP contribution >= 0.6 is 24.0 Å². The first kappa shape index (κ1) is 24.0. The van der Waals surface area contributed by atoms with E-state index in [0.717, 1.165) is 28.6 Å². The van der Waals surface area contributed by atoms with Crippen molar-refractivity contribution in [2.75, 3.05) is 41.5 Å². The quantitative estimate of drug-likeness (QED) is 0.248. The summed E-state index contributed by atoms with van der Waals surface area (Å²) < 4.78 is 16.5. The molecule has 0 amide bonds. The molecule has 0 aliphatic heterocycles. The SMILES string of the molecule is CN=C(NCCOCc1ccccc1OC)N(C)Cc1ccccc1OC.I. The van der Waals surface area contributed by atoms with Gasteiger partial charge in [-0.1, -0.05) is 36.4 Å². The van der Waals surface area contributed by atoms with E-state index in [1.807, 2.05) is 49.5 Å². The Morgan fingerprint density at radius 2 is 1.54 bits per heavy atom. The van der Waals surface area contributed by atoms with Gasteiger partial charge in [0.1, 0.15) is 11.5 Å². The lowest BCUT2D eigenvalue weighted by molar-refractivity contribution is 0.123. The highest BCUT2D eigenvalue weighted by Gasteiger charge is 2.09. The van der Waals surface area contributed by atoms with Crippen molar-refractivity contribution in [1.82, 2.24) is 10.2 Å². The molecule has 28 heavy (non-hydrogen) atoms. The molecule has 0 fully saturated rings. The average Bonchev–Trinajstić information content (AvgIpc) is 2.71. The summed E-state index contributed by atoms with van der Waals surface area (Å²) >= 11 is 0. The molecule has 0 bridgehead atoms. The van der Waals surface area contributed by atoms with E-state index in [-0.39, 0.29) is 24.0 Å². The monoisotopic (exact) mass is 499 g/mol. The summed E-state index contributed by atoms with van der Waals surface area (Å²) in [7, 11) is 7.13. The molecule has 0 unspecified atom stereocenters. The lowest BCUT2D eigenvalue weighted by Gasteiger charge is -2.23. The molecule has 0 spiro atoms. The van der Waals surface area contributed by atoms with Gasteiger partial charge in [-0.15, -0.1) is 24.0 Å². The Balaban J connectivity index is 0.00000392. The number of para-hydroxylation sites is 2. The van der Waals surface area contributed by atoms with Crippen LogP contribution < -0.4 is 14.8 Å². The van der Waals surface area contributed by atoms with Crippen molar-refractivity contribution in [3.05, 3.63) is 59.7 Å². The van der Waals surface area contributed by atoms with Crippen LogP contribution in [0.2, 0.25) is 0 Å².